The molecule has 1 heterocycles. The summed E-state index contributed by atoms with van der Waals surface area (Å²) in [7, 11) is 1.56. The summed E-state index contributed by atoms with van der Waals surface area (Å²) in [6, 6.07) is 3.71. The number of nitrogen functional groups attached to an aromatic ring is 1. The monoisotopic (exact) mass is 355 g/mol. The number of carbonyl (C=O) groups excluding carboxylic acids is 1. The molecular weight excluding hydrogens is 342 g/mol. The number of aryl methyl sites for hydroxylation is 2. The first kappa shape index (κ1) is 14.8. The number of hydrogen-bond donors (Lipinski definition) is 2. The molecule has 0 aliphatic heterocycles. The van der Waals surface area contributed by atoms with Crippen LogP contribution in [0.5, 0.6) is 5.75 Å². The van der Waals surface area contributed by atoms with Crippen LogP contribution in [-0.4, -0.2) is 18.0 Å². The largest absolute Gasteiger partial charge is 0.495 e. The number of thiazole rings is 1. The Morgan fingerprint density at radius 1 is 1.45 bits per heavy atom. The molecule has 106 valence electrons. The molecule has 3 N–H and O–H groups in total. The molecule has 0 spiro atoms. The zero-order chi connectivity index (χ0) is 14.9. The van der Waals surface area contributed by atoms with E-state index >= 15 is 0 Å². The third-order valence-corrected chi connectivity index (χ3v) is 4.19. The molecule has 0 atom stereocenters. The van der Waals surface area contributed by atoms with Gasteiger partial charge in [-0.25, -0.2) is 4.98 Å². The second-order valence-corrected chi connectivity index (χ2v) is 6.17. The molecular formula is C13H14BrN3O2S. The highest BCUT2D eigenvalue weighted by Crippen LogP contribution is 2.33. The molecule has 0 aliphatic carbocycles. The number of nitrogens with one attached hydrogen (secondary N) is 1. The second kappa shape index (κ2) is 5.80. The number of nitrogens with two attached hydrogens (primary N) is 1. The number of carbonyl (C=O) groups is 1. The number of ether oxygens (including phenoxy) is 1. The smallest absolute Gasteiger partial charge is 0.267 e. The summed E-state index contributed by atoms with van der Waals surface area (Å²) in [5.41, 5.74) is 7.78. The number of amides is 1. The lowest BCUT2D eigenvalue weighted by Crippen LogP contribution is -2.13. The van der Waals surface area contributed by atoms with E-state index in [0.717, 1.165) is 10.0 Å². The van der Waals surface area contributed by atoms with E-state index in [0.29, 0.717) is 27.1 Å². The molecule has 5 nitrogen and oxygen atoms in total. The topological polar surface area (TPSA) is 77.2 Å². The van der Waals surface area contributed by atoms with Crippen molar-refractivity contribution >= 4 is 44.0 Å². The predicted molar refractivity (Wildman–Crippen MR) is 84.6 cm³/mol. The van der Waals surface area contributed by atoms with Gasteiger partial charge in [0.2, 0.25) is 0 Å². The molecule has 1 aromatic heterocycles. The molecule has 0 aliphatic rings. The van der Waals surface area contributed by atoms with E-state index in [1.165, 1.54) is 11.3 Å². The lowest BCUT2D eigenvalue weighted by molar-refractivity contribution is 0.102. The number of nitrogens with zero attached hydrogens (tertiary/aromatic N) is 1. The lowest BCUT2D eigenvalue weighted by atomic mass is 10.2. The number of rotatable bonds is 3. The second-order valence-electron chi connectivity index (χ2n) is 4.22. The van der Waals surface area contributed by atoms with Crippen LogP contribution in [0.15, 0.2) is 16.6 Å². The van der Waals surface area contributed by atoms with Crippen molar-refractivity contribution in [3.8, 4) is 5.75 Å². The van der Waals surface area contributed by atoms with E-state index in [1.807, 2.05) is 13.0 Å². The molecule has 2 aromatic rings. The highest BCUT2D eigenvalue weighted by atomic mass is 79.9. The molecule has 0 saturated heterocycles. The Morgan fingerprint density at radius 2 is 2.15 bits per heavy atom. The molecule has 0 radical (unpaired) electrons. The van der Waals surface area contributed by atoms with Crippen molar-refractivity contribution in [2.75, 3.05) is 18.2 Å². The Bertz CT molecular complexity index is 670. The molecule has 1 aromatic carbocycles. The van der Waals surface area contributed by atoms with Crippen molar-refractivity contribution in [1.29, 1.82) is 0 Å². The number of halogens is 1. The molecule has 1 amide bonds. The quantitative estimate of drug-likeness (QED) is 0.884. The van der Waals surface area contributed by atoms with Crippen molar-refractivity contribution in [1.82, 2.24) is 4.98 Å². The highest BCUT2D eigenvalue weighted by Gasteiger charge is 2.17. The fraction of sp³-hybridized carbons (Fsp3) is 0.231. The van der Waals surface area contributed by atoms with E-state index in [-0.39, 0.29) is 5.91 Å². The van der Waals surface area contributed by atoms with Crippen LogP contribution in [0.4, 0.5) is 10.8 Å². The van der Waals surface area contributed by atoms with Gasteiger partial charge >= 0.3 is 0 Å². The zero-order valence-corrected chi connectivity index (χ0v) is 13.7. The molecule has 7 heteroatoms. The normalized spacial score (nSPS) is 10.4. The first-order valence-electron chi connectivity index (χ1n) is 5.80. The van der Waals surface area contributed by atoms with Gasteiger partial charge in [-0.3, -0.25) is 4.79 Å². The van der Waals surface area contributed by atoms with Gasteiger partial charge in [0.15, 0.2) is 5.13 Å². The van der Waals surface area contributed by atoms with Crippen molar-refractivity contribution < 1.29 is 9.53 Å². The van der Waals surface area contributed by atoms with Crippen molar-refractivity contribution in [2.24, 2.45) is 0 Å². The SMILES string of the molecule is COc1cc(Br)cc(C)c1NC(=O)c1sc(N)nc1C. The summed E-state index contributed by atoms with van der Waals surface area (Å²) in [5.74, 6) is 0.362. The zero-order valence-electron chi connectivity index (χ0n) is 11.3. The summed E-state index contributed by atoms with van der Waals surface area (Å²) in [6.07, 6.45) is 0. The van der Waals surface area contributed by atoms with Crippen LogP contribution in [0.25, 0.3) is 0 Å². The van der Waals surface area contributed by atoms with E-state index < -0.39 is 0 Å². The standard InChI is InChI=1S/C13H14BrN3O2S/c1-6-4-8(14)5-9(19-3)10(6)17-12(18)11-7(2)16-13(15)20-11/h4-5H,1-3H3,(H2,15,16)(H,17,18). The van der Waals surface area contributed by atoms with Crippen molar-refractivity contribution in [2.45, 2.75) is 13.8 Å². The van der Waals surface area contributed by atoms with Crippen LogP contribution >= 0.6 is 27.3 Å². The van der Waals surface area contributed by atoms with Gasteiger partial charge in [0.05, 0.1) is 18.5 Å². The van der Waals surface area contributed by atoms with Gasteiger partial charge in [0.1, 0.15) is 10.6 Å². The summed E-state index contributed by atoms with van der Waals surface area (Å²) in [6.45, 7) is 3.66. The Labute approximate surface area is 129 Å². The minimum absolute atomic E-state index is 0.236. The number of benzene rings is 1. The van der Waals surface area contributed by atoms with Gasteiger partial charge < -0.3 is 15.8 Å². The Kier molecular flexibility index (Phi) is 4.29. The third-order valence-electron chi connectivity index (χ3n) is 2.74. The maximum atomic E-state index is 12.3. The van der Waals surface area contributed by atoms with Gasteiger partial charge in [0, 0.05) is 4.47 Å². The van der Waals surface area contributed by atoms with Crippen LogP contribution in [-0.2, 0) is 0 Å². The first-order valence-corrected chi connectivity index (χ1v) is 7.41. The van der Waals surface area contributed by atoms with Crippen molar-refractivity contribution in [3.05, 3.63) is 32.7 Å². The molecule has 0 unspecified atom stereocenters. The maximum absolute atomic E-state index is 12.3. The van der Waals surface area contributed by atoms with Crippen LogP contribution in [0.2, 0.25) is 0 Å². The Hall–Kier alpha value is -1.60. The number of methoxy groups -OCH3 is 1. The van der Waals surface area contributed by atoms with E-state index in [2.05, 4.69) is 26.2 Å². The average Bonchev–Trinajstić information content (AvgIpc) is 2.71. The Morgan fingerprint density at radius 3 is 2.70 bits per heavy atom. The third kappa shape index (κ3) is 2.94. The van der Waals surface area contributed by atoms with Crippen molar-refractivity contribution in [3.63, 3.8) is 0 Å². The number of hydrogen-bond acceptors (Lipinski definition) is 5. The van der Waals surface area contributed by atoms with Gasteiger partial charge in [-0.1, -0.05) is 27.3 Å². The predicted octanol–water partition coefficient (Wildman–Crippen LogP) is 3.37. The van der Waals surface area contributed by atoms with Gasteiger partial charge in [-0.2, -0.15) is 0 Å². The molecule has 0 saturated carbocycles. The average molecular weight is 356 g/mol. The summed E-state index contributed by atoms with van der Waals surface area (Å²) >= 11 is 4.57. The van der Waals surface area contributed by atoms with Crippen LogP contribution in [0.3, 0.4) is 0 Å². The summed E-state index contributed by atoms with van der Waals surface area (Å²) in [4.78, 5) is 16.8. The van der Waals surface area contributed by atoms with Crippen LogP contribution in [0, 0.1) is 13.8 Å². The number of aromatic nitrogens is 1. The minimum atomic E-state index is -0.236. The molecule has 2 rings (SSSR count). The van der Waals surface area contributed by atoms with Gasteiger partial charge in [0.25, 0.3) is 5.91 Å². The minimum Gasteiger partial charge on any atom is -0.495 e. The highest BCUT2D eigenvalue weighted by molar-refractivity contribution is 9.10. The maximum Gasteiger partial charge on any atom is 0.267 e. The van der Waals surface area contributed by atoms with E-state index in [4.69, 9.17) is 10.5 Å². The molecule has 0 fully saturated rings. The van der Waals surface area contributed by atoms with E-state index in [9.17, 15) is 4.79 Å². The molecule has 0 bridgehead atoms. The lowest BCUT2D eigenvalue weighted by Gasteiger charge is -2.13. The number of anilines is 2. The van der Waals surface area contributed by atoms with Gasteiger partial charge in [-0.05, 0) is 31.5 Å². The fourth-order valence-electron chi connectivity index (χ4n) is 1.83. The van der Waals surface area contributed by atoms with Crippen LogP contribution < -0.4 is 15.8 Å². The Balaban J connectivity index is 2.35. The van der Waals surface area contributed by atoms with Crippen LogP contribution in [0.1, 0.15) is 20.9 Å². The van der Waals surface area contributed by atoms with E-state index in [1.54, 1.807) is 20.1 Å². The summed E-state index contributed by atoms with van der Waals surface area (Å²) < 4.78 is 6.19. The van der Waals surface area contributed by atoms with Gasteiger partial charge in [-0.15, -0.1) is 0 Å². The fourth-order valence-corrected chi connectivity index (χ4v) is 3.11. The molecule has 20 heavy (non-hydrogen) atoms. The first-order chi connectivity index (χ1) is 9.42. The summed E-state index contributed by atoms with van der Waals surface area (Å²) in [5, 5.41) is 3.24.